The number of hydrogen-bond donors (Lipinski definition) is 0. The lowest BCUT2D eigenvalue weighted by atomic mass is 10.1. The number of halogens is 2. The van der Waals surface area contributed by atoms with Crippen LogP contribution in [0.15, 0.2) is 39.7 Å². The van der Waals surface area contributed by atoms with Crippen LogP contribution in [0.5, 0.6) is 0 Å². The molecule has 1 aromatic carbocycles. The zero-order chi connectivity index (χ0) is 14.0. The minimum Gasteiger partial charge on any atom is -0.292 e. The molecule has 0 aliphatic rings. The Balaban J connectivity index is 2.35. The molecule has 98 valence electrons. The largest absolute Gasteiger partial charge is 0.292 e. The molecule has 6 heteroatoms. The first-order valence-electron chi connectivity index (χ1n) is 5.50. The van der Waals surface area contributed by atoms with E-state index in [2.05, 4.69) is 20.9 Å². The van der Waals surface area contributed by atoms with Gasteiger partial charge in [0.05, 0.1) is 6.54 Å². The normalized spacial score (nSPS) is 10.5. The van der Waals surface area contributed by atoms with Crippen molar-refractivity contribution in [3.05, 3.63) is 61.7 Å². The lowest BCUT2D eigenvalue weighted by molar-refractivity contribution is 0.0969. The van der Waals surface area contributed by atoms with Gasteiger partial charge in [-0.3, -0.25) is 14.2 Å². The molecular formula is C13H10BrClN2O2. The summed E-state index contributed by atoms with van der Waals surface area (Å²) in [5.41, 5.74) is 0.196. The Hall–Kier alpha value is -1.46. The van der Waals surface area contributed by atoms with Crippen molar-refractivity contribution < 1.29 is 4.79 Å². The van der Waals surface area contributed by atoms with Gasteiger partial charge in [0.15, 0.2) is 5.78 Å². The lowest BCUT2D eigenvalue weighted by Gasteiger charge is -2.08. The van der Waals surface area contributed by atoms with Gasteiger partial charge in [-0.25, -0.2) is 4.98 Å². The molecular weight excluding hydrogens is 332 g/mol. The fourth-order valence-electron chi connectivity index (χ4n) is 1.63. The van der Waals surface area contributed by atoms with Gasteiger partial charge in [0.1, 0.15) is 10.3 Å². The number of ketones is 1. The second kappa shape index (κ2) is 5.67. The van der Waals surface area contributed by atoms with Crippen LogP contribution in [0.25, 0.3) is 0 Å². The SMILES string of the molecule is Cc1ncc(Br)c(=O)n1CC(=O)c1cccc(Cl)c1. The van der Waals surface area contributed by atoms with E-state index in [0.29, 0.717) is 20.9 Å². The van der Waals surface area contributed by atoms with Crippen molar-refractivity contribution in [3.8, 4) is 0 Å². The van der Waals surface area contributed by atoms with Gasteiger partial charge in [0.25, 0.3) is 5.56 Å². The zero-order valence-corrected chi connectivity index (χ0v) is 12.4. The monoisotopic (exact) mass is 340 g/mol. The van der Waals surface area contributed by atoms with E-state index in [1.54, 1.807) is 31.2 Å². The molecule has 0 radical (unpaired) electrons. The van der Waals surface area contributed by atoms with Crippen LogP contribution in [0.2, 0.25) is 5.02 Å². The van der Waals surface area contributed by atoms with E-state index in [0.717, 1.165) is 0 Å². The zero-order valence-electron chi connectivity index (χ0n) is 10.1. The molecule has 0 fully saturated rings. The molecule has 0 saturated carbocycles. The first-order valence-corrected chi connectivity index (χ1v) is 6.67. The van der Waals surface area contributed by atoms with Crippen molar-refractivity contribution in [3.63, 3.8) is 0 Å². The van der Waals surface area contributed by atoms with Gasteiger partial charge in [-0.05, 0) is 35.0 Å². The molecule has 0 N–H and O–H groups in total. The maximum Gasteiger partial charge on any atom is 0.268 e. The van der Waals surface area contributed by atoms with E-state index in [4.69, 9.17) is 11.6 Å². The van der Waals surface area contributed by atoms with Crippen molar-refractivity contribution in [1.29, 1.82) is 0 Å². The molecule has 4 nitrogen and oxygen atoms in total. The van der Waals surface area contributed by atoms with Crippen LogP contribution in [0.1, 0.15) is 16.2 Å². The number of aromatic nitrogens is 2. The number of nitrogens with zero attached hydrogens (tertiary/aromatic N) is 2. The topological polar surface area (TPSA) is 52.0 Å². The standard InChI is InChI=1S/C13H10BrClN2O2/c1-8-16-6-11(14)13(19)17(8)7-12(18)9-3-2-4-10(15)5-9/h2-6H,7H2,1H3. The first-order chi connectivity index (χ1) is 8.99. The van der Waals surface area contributed by atoms with E-state index in [-0.39, 0.29) is 17.9 Å². The Labute approximate surface area is 123 Å². The maximum atomic E-state index is 12.1. The molecule has 0 amide bonds. The minimum absolute atomic E-state index is 0.0581. The number of Topliss-reactive ketones (excluding diaryl/α,β-unsaturated/α-hetero) is 1. The number of carbonyl (C=O) groups is 1. The number of rotatable bonds is 3. The second-order valence-electron chi connectivity index (χ2n) is 3.98. The smallest absolute Gasteiger partial charge is 0.268 e. The molecule has 0 unspecified atom stereocenters. The summed E-state index contributed by atoms with van der Waals surface area (Å²) in [6.45, 7) is 1.62. The van der Waals surface area contributed by atoms with Crippen LogP contribution in [-0.2, 0) is 6.54 Å². The van der Waals surface area contributed by atoms with Gasteiger partial charge >= 0.3 is 0 Å². The first kappa shape index (κ1) is 14.0. The predicted octanol–water partition coefficient (Wildman–Crippen LogP) is 2.85. The molecule has 2 rings (SSSR count). The summed E-state index contributed by atoms with van der Waals surface area (Å²) >= 11 is 8.95. The molecule has 0 saturated heterocycles. The average molecular weight is 342 g/mol. The third-order valence-electron chi connectivity index (χ3n) is 2.65. The summed E-state index contributed by atoms with van der Waals surface area (Å²) in [6.07, 6.45) is 1.43. The van der Waals surface area contributed by atoms with Crippen LogP contribution < -0.4 is 5.56 Å². The maximum absolute atomic E-state index is 12.1. The third kappa shape index (κ3) is 3.11. The van der Waals surface area contributed by atoms with Crippen molar-refractivity contribution in [2.24, 2.45) is 0 Å². The molecule has 2 aromatic rings. The van der Waals surface area contributed by atoms with E-state index >= 15 is 0 Å². The van der Waals surface area contributed by atoms with Gasteiger partial charge in [-0.2, -0.15) is 0 Å². The number of hydrogen-bond acceptors (Lipinski definition) is 3. The number of carbonyl (C=O) groups excluding carboxylic acids is 1. The van der Waals surface area contributed by atoms with Crippen molar-refractivity contribution >= 4 is 33.3 Å². The fourth-order valence-corrected chi connectivity index (χ4v) is 2.14. The van der Waals surface area contributed by atoms with Gasteiger partial charge in [-0.15, -0.1) is 0 Å². The van der Waals surface area contributed by atoms with Gasteiger partial charge < -0.3 is 0 Å². The van der Waals surface area contributed by atoms with Gasteiger partial charge in [0.2, 0.25) is 0 Å². The summed E-state index contributed by atoms with van der Waals surface area (Å²) in [7, 11) is 0. The van der Waals surface area contributed by atoms with Crippen molar-refractivity contribution in [1.82, 2.24) is 9.55 Å². The summed E-state index contributed by atoms with van der Waals surface area (Å²) in [5, 5.41) is 0.488. The highest BCUT2D eigenvalue weighted by molar-refractivity contribution is 9.10. The molecule has 1 heterocycles. The Morgan fingerprint density at radius 2 is 2.21 bits per heavy atom. The molecule has 0 atom stereocenters. The number of benzene rings is 1. The molecule has 0 bridgehead atoms. The Morgan fingerprint density at radius 1 is 1.47 bits per heavy atom. The van der Waals surface area contributed by atoms with Crippen LogP contribution in [-0.4, -0.2) is 15.3 Å². The van der Waals surface area contributed by atoms with Crippen molar-refractivity contribution in [2.75, 3.05) is 0 Å². The highest BCUT2D eigenvalue weighted by Crippen LogP contribution is 2.12. The Bertz CT molecular complexity index is 697. The van der Waals surface area contributed by atoms with E-state index in [9.17, 15) is 9.59 Å². The Kier molecular flexibility index (Phi) is 4.17. The third-order valence-corrected chi connectivity index (χ3v) is 3.43. The average Bonchev–Trinajstić information content (AvgIpc) is 2.39. The van der Waals surface area contributed by atoms with E-state index in [1.807, 2.05) is 0 Å². The molecule has 0 spiro atoms. The van der Waals surface area contributed by atoms with Gasteiger partial charge in [0, 0.05) is 16.8 Å². The summed E-state index contributed by atoms with van der Waals surface area (Å²) in [5.74, 6) is 0.302. The van der Waals surface area contributed by atoms with Crippen LogP contribution in [0.3, 0.4) is 0 Å². The summed E-state index contributed by atoms with van der Waals surface area (Å²) in [4.78, 5) is 28.1. The second-order valence-corrected chi connectivity index (χ2v) is 5.27. The lowest BCUT2D eigenvalue weighted by Crippen LogP contribution is -2.27. The summed E-state index contributed by atoms with van der Waals surface area (Å²) in [6, 6.07) is 6.64. The van der Waals surface area contributed by atoms with Crippen LogP contribution in [0, 0.1) is 6.92 Å². The quantitative estimate of drug-likeness (QED) is 0.807. The summed E-state index contributed by atoms with van der Waals surface area (Å²) < 4.78 is 1.66. The molecule has 0 aliphatic carbocycles. The van der Waals surface area contributed by atoms with E-state index < -0.39 is 0 Å². The van der Waals surface area contributed by atoms with E-state index in [1.165, 1.54) is 10.8 Å². The van der Waals surface area contributed by atoms with Crippen LogP contribution in [0.4, 0.5) is 0 Å². The highest BCUT2D eigenvalue weighted by atomic mass is 79.9. The molecule has 1 aromatic heterocycles. The Morgan fingerprint density at radius 3 is 2.89 bits per heavy atom. The minimum atomic E-state index is -0.275. The predicted molar refractivity (Wildman–Crippen MR) is 76.7 cm³/mol. The van der Waals surface area contributed by atoms with Gasteiger partial charge in [-0.1, -0.05) is 23.7 Å². The highest BCUT2D eigenvalue weighted by Gasteiger charge is 2.12. The fraction of sp³-hybridized carbons (Fsp3) is 0.154. The van der Waals surface area contributed by atoms with Crippen molar-refractivity contribution in [2.45, 2.75) is 13.5 Å². The molecule has 19 heavy (non-hydrogen) atoms. The molecule has 0 aliphatic heterocycles. The van der Waals surface area contributed by atoms with Crippen LogP contribution >= 0.6 is 27.5 Å². The number of aryl methyl sites for hydroxylation is 1.